The summed E-state index contributed by atoms with van der Waals surface area (Å²) in [7, 11) is 0. The molecule has 0 atom stereocenters. The van der Waals surface area contributed by atoms with Crippen molar-refractivity contribution in [2.24, 2.45) is 0 Å². The van der Waals surface area contributed by atoms with E-state index < -0.39 is 0 Å². The second kappa shape index (κ2) is 6.66. The summed E-state index contributed by atoms with van der Waals surface area (Å²) >= 11 is 0. The van der Waals surface area contributed by atoms with Crippen LogP contribution < -0.4 is 5.32 Å². The Bertz CT molecular complexity index is 455. The van der Waals surface area contributed by atoms with E-state index in [2.05, 4.69) is 11.0 Å². The molecular weight excluding hydrogens is 217 g/mol. The maximum absolute atomic E-state index is 12.9. The summed E-state index contributed by atoms with van der Waals surface area (Å²) in [5, 5.41) is 2.71. The summed E-state index contributed by atoms with van der Waals surface area (Å²) in [5.74, 6) is -0.430. The number of hydrogen-bond donors (Lipinski definition) is 1. The van der Waals surface area contributed by atoms with E-state index in [9.17, 15) is 9.18 Å². The second-order valence-corrected chi connectivity index (χ2v) is 3.96. The van der Waals surface area contributed by atoms with E-state index in [0.717, 1.165) is 11.1 Å². The third-order valence-corrected chi connectivity index (χ3v) is 2.09. The van der Waals surface area contributed by atoms with Gasteiger partial charge in [-0.05, 0) is 43.5 Å². The van der Waals surface area contributed by atoms with Crippen LogP contribution in [0, 0.1) is 5.82 Å². The van der Waals surface area contributed by atoms with E-state index in [0.29, 0.717) is 13.0 Å². The Kier molecular flexibility index (Phi) is 5.18. The highest BCUT2D eigenvalue weighted by atomic mass is 19.1. The minimum absolute atomic E-state index is 0.178. The van der Waals surface area contributed by atoms with Gasteiger partial charge in [0.1, 0.15) is 5.82 Å². The largest absolute Gasteiger partial charge is 0.352 e. The molecule has 0 aliphatic rings. The van der Waals surface area contributed by atoms with E-state index >= 15 is 0 Å². The van der Waals surface area contributed by atoms with Crippen LogP contribution in [0.2, 0.25) is 0 Å². The molecule has 3 heteroatoms. The first-order chi connectivity index (χ1) is 8.08. The smallest absolute Gasteiger partial charge is 0.251 e. The number of amides is 1. The molecule has 1 N–H and O–H groups in total. The van der Waals surface area contributed by atoms with Crippen molar-refractivity contribution in [3.63, 3.8) is 0 Å². The molecule has 0 heterocycles. The normalized spacial score (nSPS) is 9.35. The lowest BCUT2D eigenvalue weighted by atomic mass is 10.1. The lowest BCUT2D eigenvalue weighted by Gasteiger charge is -2.02. The number of carbonyl (C=O) groups excluding carboxylic acids is 1. The van der Waals surface area contributed by atoms with Gasteiger partial charge in [0, 0.05) is 12.6 Å². The van der Waals surface area contributed by atoms with Gasteiger partial charge < -0.3 is 5.32 Å². The van der Waals surface area contributed by atoms with Gasteiger partial charge in [-0.1, -0.05) is 12.1 Å². The molecule has 17 heavy (non-hydrogen) atoms. The topological polar surface area (TPSA) is 29.1 Å². The van der Waals surface area contributed by atoms with Crippen LogP contribution in [-0.4, -0.2) is 12.5 Å². The average Bonchev–Trinajstić information content (AvgIpc) is 2.26. The third kappa shape index (κ3) is 5.69. The van der Waals surface area contributed by atoms with Crippen LogP contribution in [0.5, 0.6) is 0 Å². The molecule has 0 fully saturated rings. The molecule has 1 rings (SSSR count). The fourth-order valence-electron chi connectivity index (χ4n) is 1.28. The molecule has 0 aromatic heterocycles. The Balaban J connectivity index is 2.38. The van der Waals surface area contributed by atoms with Crippen molar-refractivity contribution >= 4 is 5.91 Å². The van der Waals surface area contributed by atoms with Gasteiger partial charge in [-0.3, -0.25) is 4.79 Å². The molecule has 0 saturated heterocycles. The molecule has 1 amide bonds. The lowest BCUT2D eigenvalue weighted by molar-refractivity contribution is -0.116. The Morgan fingerprint density at radius 1 is 1.47 bits per heavy atom. The van der Waals surface area contributed by atoms with Crippen molar-refractivity contribution in [1.29, 1.82) is 0 Å². The first kappa shape index (κ1) is 13.2. The molecule has 2 nitrogen and oxygen atoms in total. The molecule has 1 aromatic carbocycles. The summed E-state index contributed by atoms with van der Waals surface area (Å²) in [6, 6.07) is 6.37. The summed E-state index contributed by atoms with van der Waals surface area (Å²) in [4.78, 5) is 11.3. The van der Waals surface area contributed by atoms with Crippen molar-refractivity contribution in [3.8, 4) is 0 Å². The Labute approximate surface area is 101 Å². The first-order valence-electron chi connectivity index (χ1n) is 5.50. The predicted octanol–water partition coefficient (Wildman–Crippen LogP) is 2.61. The maximum Gasteiger partial charge on any atom is 0.251 e. The predicted molar refractivity (Wildman–Crippen MR) is 66.1 cm³/mol. The van der Waals surface area contributed by atoms with Gasteiger partial charge in [-0.25, -0.2) is 4.39 Å². The van der Waals surface area contributed by atoms with Crippen LogP contribution in [0.4, 0.5) is 4.39 Å². The van der Waals surface area contributed by atoms with Crippen molar-refractivity contribution < 1.29 is 9.18 Å². The van der Waals surface area contributed by atoms with Crippen molar-refractivity contribution in [1.82, 2.24) is 5.32 Å². The molecule has 0 spiro atoms. The van der Waals surface area contributed by atoms with Crippen molar-refractivity contribution in [2.75, 3.05) is 6.54 Å². The van der Waals surface area contributed by atoms with Gasteiger partial charge in [0.05, 0.1) is 0 Å². The van der Waals surface area contributed by atoms with Gasteiger partial charge >= 0.3 is 0 Å². The van der Waals surface area contributed by atoms with Crippen LogP contribution in [0.25, 0.3) is 0 Å². The summed E-state index contributed by atoms with van der Waals surface area (Å²) in [5.41, 5.74) is 4.64. The number of benzene rings is 1. The number of nitrogens with one attached hydrogen (secondary N) is 1. The fraction of sp³-hybridized carbons (Fsp3) is 0.286. The average molecular weight is 233 g/mol. The summed E-state index contributed by atoms with van der Waals surface area (Å²) in [6.45, 7) is 4.23. The van der Waals surface area contributed by atoms with Crippen LogP contribution in [0.15, 0.2) is 41.6 Å². The quantitative estimate of drug-likeness (QED) is 0.628. The minimum atomic E-state index is -0.252. The molecule has 0 aliphatic carbocycles. The van der Waals surface area contributed by atoms with Gasteiger partial charge in [0.15, 0.2) is 0 Å². The summed E-state index contributed by atoms with van der Waals surface area (Å²) in [6.07, 6.45) is 1.99. The van der Waals surface area contributed by atoms with Gasteiger partial charge in [0.25, 0.3) is 5.91 Å². The molecule has 1 aromatic rings. The summed E-state index contributed by atoms with van der Waals surface area (Å²) < 4.78 is 12.9. The van der Waals surface area contributed by atoms with E-state index in [1.807, 2.05) is 19.9 Å². The van der Waals surface area contributed by atoms with Crippen molar-refractivity contribution in [3.05, 3.63) is 53.0 Å². The molecule has 0 radical (unpaired) electrons. The first-order valence-corrected chi connectivity index (χ1v) is 5.50. The molecule has 0 bridgehead atoms. The van der Waals surface area contributed by atoms with E-state index in [1.54, 1.807) is 6.07 Å². The SMILES string of the molecule is CC(C)=C=CC(=O)NCCc1cccc(F)c1. The molecule has 0 unspecified atom stereocenters. The highest BCUT2D eigenvalue weighted by Crippen LogP contribution is 2.03. The standard InChI is InChI=1S/C14H16FNO/c1-11(2)6-7-14(17)16-9-8-12-4-3-5-13(15)10-12/h3-5,7,10H,8-9H2,1-2H3,(H,16,17). The van der Waals surface area contributed by atoms with Crippen LogP contribution in [-0.2, 0) is 11.2 Å². The van der Waals surface area contributed by atoms with E-state index in [1.165, 1.54) is 18.2 Å². The number of hydrogen-bond acceptors (Lipinski definition) is 1. The molecule has 0 saturated carbocycles. The Morgan fingerprint density at radius 3 is 2.88 bits per heavy atom. The number of carbonyl (C=O) groups is 1. The third-order valence-electron chi connectivity index (χ3n) is 2.09. The van der Waals surface area contributed by atoms with Crippen LogP contribution in [0.1, 0.15) is 19.4 Å². The zero-order valence-corrected chi connectivity index (χ0v) is 10.1. The highest BCUT2D eigenvalue weighted by Gasteiger charge is 1.97. The van der Waals surface area contributed by atoms with Crippen LogP contribution in [0.3, 0.4) is 0 Å². The Hall–Kier alpha value is -1.86. The molecule has 90 valence electrons. The van der Waals surface area contributed by atoms with Crippen molar-refractivity contribution in [2.45, 2.75) is 20.3 Å². The Morgan fingerprint density at radius 2 is 2.24 bits per heavy atom. The zero-order valence-electron chi connectivity index (χ0n) is 10.1. The molecular formula is C14H16FNO. The van der Waals surface area contributed by atoms with Gasteiger partial charge in [-0.2, -0.15) is 0 Å². The highest BCUT2D eigenvalue weighted by molar-refractivity contribution is 5.87. The molecule has 0 aliphatic heterocycles. The zero-order chi connectivity index (χ0) is 12.7. The van der Waals surface area contributed by atoms with E-state index in [4.69, 9.17) is 0 Å². The monoisotopic (exact) mass is 233 g/mol. The number of halogens is 1. The maximum atomic E-state index is 12.9. The number of rotatable bonds is 4. The van der Waals surface area contributed by atoms with Gasteiger partial charge in [0.2, 0.25) is 0 Å². The fourth-order valence-corrected chi connectivity index (χ4v) is 1.28. The lowest BCUT2D eigenvalue weighted by Crippen LogP contribution is -2.23. The van der Waals surface area contributed by atoms with Gasteiger partial charge in [-0.15, -0.1) is 5.73 Å². The minimum Gasteiger partial charge on any atom is -0.352 e. The van der Waals surface area contributed by atoms with E-state index in [-0.39, 0.29) is 11.7 Å². The van der Waals surface area contributed by atoms with Crippen LogP contribution >= 0.6 is 0 Å². The second-order valence-electron chi connectivity index (χ2n) is 3.96.